The van der Waals surface area contributed by atoms with E-state index in [9.17, 15) is 10.2 Å². The normalized spacial score (nSPS) is 11.4. The molecule has 0 fully saturated rings. The van der Waals surface area contributed by atoms with Crippen LogP contribution in [0.4, 0.5) is 0 Å². The van der Waals surface area contributed by atoms with Crippen LogP contribution in [0.15, 0.2) is 97.1 Å². The van der Waals surface area contributed by atoms with E-state index in [2.05, 4.69) is 62.4 Å². The topological polar surface area (TPSA) is 40.5 Å². The summed E-state index contributed by atoms with van der Waals surface area (Å²) in [5.41, 5.74) is 6.23. The fourth-order valence-corrected chi connectivity index (χ4v) is 4.34. The summed E-state index contributed by atoms with van der Waals surface area (Å²) in [5.74, 6) is 0.478. The lowest BCUT2D eigenvalue weighted by Gasteiger charge is -2.39. The molecule has 0 aromatic heterocycles. The molecule has 2 nitrogen and oxygen atoms in total. The first-order valence-corrected chi connectivity index (χ1v) is 9.74. The SMILES string of the molecule is Cc1ccccc1C(c1ccc(O)cc1)(c1ccc(O)cc1)c1ccccc1C. The number of aryl methyl sites for hydroxylation is 2. The van der Waals surface area contributed by atoms with E-state index in [4.69, 9.17) is 0 Å². The molecule has 0 aliphatic rings. The molecule has 0 heterocycles. The van der Waals surface area contributed by atoms with E-state index in [1.807, 2.05) is 24.3 Å². The van der Waals surface area contributed by atoms with Gasteiger partial charge in [0.2, 0.25) is 0 Å². The van der Waals surface area contributed by atoms with E-state index in [-0.39, 0.29) is 11.5 Å². The van der Waals surface area contributed by atoms with Crippen LogP contribution >= 0.6 is 0 Å². The van der Waals surface area contributed by atoms with Gasteiger partial charge in [-0.05, 0) is 71.5 Å². The second kappa shape index (κ2) is 7.48. The van der Waals surface area contributed by atoms with Gasteiger partial charge < -0.3 is 10.2 Å². The Bertz CT molecular complexity index is 1030. The Morgan fingerprint density at radius 3 is 1.17 bits per heavy atom. The van der Waals surface area contributed by atoms with E-state index in [1.165, 1.54) is 22.3 Å². The average Bonchev–Trinajstić information content (AvgIpc) is 2.73. The molecule has 0 aliphatic carbocycles. The van der Waals surface area contributed by atoms with Crippen LogP contribution in [0.25, 0.3) is 0 Å². The third-order valence-electron chi connectivity index (χ3n) is 5.70. The van der Waals surface area contributed by atoms with Crippen molar-refractivity contribution in [3.8, 4) is 11.5 Å². The molecule has 2 heteroatoms. The minimum atomic E-state index is -0.585. The molecule has 4 rings (SSSR count). The van der Waals surface area contributed by atoms with Gasteiger partial charge in [0.05, 0.1) is 5.41 Å². The molecule has 29 heavy (non-hydrogen) atoms. The maximum Gasteiger partial charge on any atom is 0.115 e. The van der Waals surface area contributed by atoms with E-state index in [0.717, 1.165) is 11.1 Å². The number of benzene rings is 4. The van der Waals surface area contributed by atoms with Crippen molar-refractivity contribution < 1.29 is 10.2 Å². The van der Waals surface area contributed by atoms with E-state index < -0.39 is 5.41 Å². The van der Waals surface area contributed by atoms with Gasteiger partial charge in [0.25, 0.3) is 0 Å². The highest BCUT2D eigenvalue weighted by molar-refractivity contribution is 5.63. The molecule has 2 N–H and O–H groups in total. The summed E-state index contributed by atoms with van der Waals surface area (Å²) in [6.07, 6.45) is 0. The van der Waals surface area contributed by atoms with Crippen LogP contribution in [-0.2, 0) is 5.41 Å². The third-order valence-corrected chi connectivity index (χ3v) is 5.70. The van der Waals surface area contributed by atoms with E-state index in [0.29, 0.717) is 0 Å². The highest BCUT2D eigenvalue weighted by Gasteiger charge is 2.40. The molecule has 4 aromatic carbocycles. The fraction of sp³-hybridized carbons (Fsp3) is 0.111. The molecule has 0 saturated heterocycles. The lowest BCUT2D eigenvalue weighted by molar-refractivity contribution is 0.474. The zero-order valence-electron chi connectivity index (χ0n) is 16.6. The summed E-state index contributed by atoms with van der Waals surface area (Å²) in [7, 11) is 0. The summed E-state index contributed by atoms with van der Waals surface area (Å²) >= 11 is 0. The van der Waals surface area contributed by atoms with Gasteiger partial charge in [-0.25, -0.2) is 0 Å². The monoisotopic (exact) mass is 380 g/mol. The van der Waals surface area contributed by atoms with Crippen molar-refractivity contribution in [3.63, 3.8) is 0 Å². The maximum absolute atomic E-state index is 9.95. The van der Waals surface area contributed by atoms with Gasteiger partial charge in [-0.15, -0.1) is 0 Å². The van der Waals surface area contributed by atoms with Gasteiger partial charge in [0, 0.05) is 0 Å². The molecular weight excluding hydrogens is 356 g/mol. The Hall–Kier alpha value is -3.52. The molecule has 0 unspecified atom stereocenters. The summed E-state index contributed by atoms with van der Waals surface area (Å²) in [5, 5.41) is 19.9. The number of aromatic hydroxyl groups is 2. The molecule has 0 saturated carbocycles. The number of hydrogen-bond acceptors (Lipinski definition) is 2. The van der Waals surface area contributed by atoms with Crippen LogP contribution in [0.1, 0.15) is 33.4 Å². The number of rotatable bonds is 4. The van der Waals surface area contributed by atoms with Crippen molar-refractivity contribution in [2.45, 2.75) is 19.3 Å². The Morgan fingerprint density at radius 2 is 0.828 bits per heavy atom. The molecule has 0 radical (unpaired) electrons. The van der Waals surface area contributed by atoms with Crippen LogP contribution in [0, 0.1) is 13.8 Å². The predicted octanol–water partition coefficient (Wildman–Crippen LogP) is 6.10. The molecule has 0 amide bonds. The van der Waals surface area contributed by atoms with Crippen LogP contribution < -0.4 is 0 Å². The fourth-order valence-electron chi connectivity index (χ4n) is 4.34. The molecule has 4 aromatic rings. The van der Waals surface area contributed by atoms with Crippen molar-refractivity contribution in [2.75, 3.05) is 0 Å². The Labute approximate surface area is 171 Å². The van der Waals surface area contributed by atoms with Gasteiger partial charge in [-0.2, -0.15) is 0 Å². The van der Waals surface area contributed by atoms with Crippen LogP contribution in [0.2, 0.25) is 0 Å². The summed E-state index contributed by atoms with van der Waals surface area (Å²) in [4.78, 5) is 0. The Morgan fingerprint density at radius 1 is 0.483 bits per heavy atom. The summed E-state index contributed by atoms with van der Waals surface area (Å²) in [6.45, 7) is 4.26. The lowest BCUT2D eigenvalue weighted by Crippen LogP contribution is -2.32. The van der Waals surface area contributed by atoms with Gasteiger partial charge in [0.1, 0.15) is 11.5 Å². The highest BCUT2D eigenvalue weighted by atomic mass is 16.3. The molecule has 0 spiro atoms. The van der Waals surface area contributed by atoms with Gasteiger partial charge in [-0.1, -0.05) is 72.8 Å². The molecule has 0 bridgehead atoms. The van der Waals surface area contributed by atoms with Crippen molar-refractivity contribution in [2.24, 2.45) is 0 Å². The van der Waals surface area contributed by atoms with Gasteiger partial charge in [0.15, 0.2) is 0 Å². The zero-order valence-corrected chi connectivity index (χ0v) is 16.6. The summed E-state index contributed by atoms with van der Waals surface area (Å²) in [6, 6.07) is 31.7. The maximum atomic E-state index is 9.95. The highest BCUT2D eigenvalue weighted by Crippen LogP contribution is 2.47. The number of phenols is 2. The Balaban J connectivity index is 2.19. The van der Waals surface area contributed by atoms with Crippen molar-refractivity contribution >= 4 is 0 Å². The second-order valence-electron chi connectivity index (χ2n) is 7.47. The summed E-state index contributed by atoms with van der Waals surface area (Å²) < 4.78 is 0. The largest absolute Gasteiger partial charge is 0.508 e. The van der Waals surface area contributed by atoms with Crippen molar-refractivity contribution in [1.82, 2.24) is 0 Å². The minimum Gasteiger partial charge on any atom is -0.508 e. The van der Waals surface area contributed by atoms with Crippen molar-refractivity contribution in [1.29, 1.82) is 0 Å². The second-order valence-corrected chi connectivity index (χ2v) is 7.47. The predicted molar refractivity (Wildman–Crippen MR) is 118 cm³/mol. The van der Waals surface area contributed by atoms with E-state index in [1.54, 1.807) is 24.3 Å². The first-order chi connectivity index (χ1) is 14.0. The quantitative estimate of drug-likeness (QED) is 0.420. The Kier molecular flexibility index (Phi) is 4.85. The smallest absolute Gasteiger partial charge is 0.115 e. The van der Waals surface area contributed by atoms with E-state index >= 15 is 0 Å². The van der Waals surface area contributed by atoms with Crippen molar-refractivity contribution in [3.05, 3.63) is 130 Å². The first kappa shape index (κ1) is 18.8. The number of hydrogen-bond donors (Lipinski definition) is 2. The average molecular weight is 380 g/mol. The van der Waals surface area contributed by atoms with Crippen LogP contribution in [-0.4, -0.2) is 10.2 Å². The lowest BCUT2D eigenvalue weighted by atomic mass is 9.63. The number of phenolic OH excluding ortho intramolecular Hbond substituents is 2. The first-order valence-electron chi connectivity index (χ1n) is 9.74. The standard InChI is InChI=1S/C27H24O2/c1-19-7-3-5-9-25(19)27(21-11-15-23(28)16-12-21,22-13-17-24(29)18-14-22)26-10-6-4-8-20(26)2/h3-18,28-29H,1-2H3. The van der Waals surface area contributed by atoms with Gasteiger partial charge >= 0.3 is 0 Å². The molecule has 144 valence electrons. The van der Waals surface area contributed by atoms with Crippen LogP contribution in [0.3, 0.4) is 0 Å². The molecule has 0 aliphatic heterocycles. The molecular formula is C27H24O2. The molecule has 0 atom stereocenters. The zero-order chi connectivity index (χ0) is 20.4. The third kappa shape index (κ3) is 3.17. The van der Waals surface area contributed by atoms with Gasteiger partial charge in [-0.3, -0.25) is 0 Å². The minimum absolute atomic E-state index is 0.239. The van der Waals surface area contributed by atoms with Crippen LogP contribution in [0.5, 0.6) is 11.5 Å².